The van der Waals surface area contributed by atoms with Crippen molar-refractivity contribution in [1.82, 2.24) is 10.6 Å². The van der Waals surface area contributed by atoms with Gasteiger partial charge in [-0.05, 0) is 43.2 Å². The molecule has 0 aliphatic rings. The summed E-state index contributed by atoms with van der Waals surface area (Å²) in [6, 6.07) is 11.1. The van der Waals surface area contributed by atoms with Gasteiger partial charge in [0.2, 0.25) is 5.91 Å². The van der Waals surface area contributed by atoms with E-state index < -0.39 is 0 Å². The lowest BCUT2D eigenvalue weighted by molar-refractivity contribution is -0.120. The average Bonchev–Trinajstić information content (AvgIpc) is 3.04. The van der Waals surface area contributed by atoms with E-state index in [-0.39, 0.29) is 24.4 Å². The first kappa shape index (κ1) is 18.0. The van der Waals surface area contributed by atoms with E-state index in [0.717, 1.165) is 22.6 Å². The molecule has 1 aromatic heterocycles. The topological polar surface area (TPSA) is 67.4 Å². The highest BCUT2D eigenvalue weighted by molar-refractivity contribution is 7.13. The minimum Gasteiger partial charge on any atom is -0.497 e. The van der Waals surface area contributed by atoms with Crippen LogP contribution < -0.4 is 15.4 Å². The number of rotatable bonds is 7. The van der Waals surface area contributed by atoms with Crippen LogP contribution in [0.4, 0.5) is 0 Å². The molecule has 2 amide bonds. The van der Waals surface area contributed by atoms with E-state index in [4.69, 9.17) is 4.74 Å². The van der Waals surface area contributed by atoms with Crippen molar-refractivity contribution in [2.24, 2.45) is 0 Å². The third-order valence-corrected chi connectivity index (χ3v) is 4.63. The summed E-state index contributed by atoms with van der Waals surface area (Å²) in [7, 11) is 1.62. The predicted molar refractivity (Wildman–Crippen MR) is 95.6 cm³/mol. The zero-order valence-electron chi connectivity index (χ0n) is 14.1. The summed E-state index contributed by atoms with van der Waals surface area (Å²) < 4.78 is 5.14. The number of ether oxygens (including phenoxy) is 1. The van der Waals surface area contributed by atoms with Crippen molar-refractivity contribution in [2.75, 3.05) is 13.7 Å². The van der Waals surface area contributed by atoms with Crippen LogP contribution in [0, 0.1) is 6.92 Å². The molecule has 2 aromatic rings. The van der Waals surface area contributed by atoms with Crippen molar-refractivity contribution in [3.63, 3.8) is 0 Å². The van der Waals surface area contributed by atoms with Crippen LogP contribution in [-0.4, -0.2) is 25.5 Å². The summed E-state index contributed by atoms with van der Waals surface area (Å²) in [5.74, 6) is 0.346. The van der Waals surface area contributed by atoms with E-state index in [1.807, 2.05) is 44.2 Å². The highest BCUT2D eigenvalue weighted by Crippen LogP contribution is 2.20. The molecule has 0 saturated carbocycles. The van der Waals surface area contributed by atoms with E-state index in [2.05, 4.69) is 10.6 Å². The molecule has 0 radical (unpaired) electrons. The number of thiophene rings is 1. The smallest absolute Gasteiger partial charge is 0.261 e. The van der Waals surface area contributed by atoms with Gasteiger partial charge in [-0.2, -0.15) is 0 Å². The molecule has 1 unspecified atom stereocenters. The van der Waals surface area contributed by atoms with E-state index in [1.165, 1.54) is 11.3 Å². The SMILES string of the molecule is CCC(NC(=O)CNC(=O)c1ccc(C)s1)c1ccc(OC)cc1. The van der Waals surface area contributed by atoms with Gasteiger partial charge in [0.25, 0.3) is 5.91 Å². The van der Waals surface area contributed by atoms with Crippen LogP contribution in [-0.2, 0) is 4.79 Å². The number of nitrogens with one attached hydrogen (secondary N) is 2. The first-order valence-corrected chi connectivity index (χ1v) is 8.63. The average molecular weight is 346 g/mol. The van der Waals surface area contributed by atoms with Gasteiger partial charge < -0.3 is 15.4 Å². The number of amides is 2. The largest absolute Gasteiger partial charge is 0.497 e. The number of benzene rings is 1. The summed E-state index contributed by atoms with van der Waals surface area (Å²) in [5, 5.41) is 5.59. The third-order valence-electron chi connectivity index (χ3n) is 3.64. The molecule has 2 N–H and O–H groups in total. The lowest BCUT2D eigenvalue weighted by atomic mass is 10.0. The monoisotopic (exact) mass is 346 g/mol. The Morgan fingerprint density at radius 1 is 1.17 bits per heavy atom. The second-order valence-corrected chi connectivity index (χ2v) is 6.68. The molecular weight excluding hydrogens is 324 g/mol. The highest BCUT2D eigenvalue weighted by atomic mass is 32.1. The number of hydrogen-bond donors (Lipinski definition) is 2. The Labute approximate surface area is 146 Å². The molecule has 0 saturated heterocycles. The molecule has 0 bridgehead atoms. The standard InChI is InChI=1S/C18H22N2O3S/c1-4-15(13-6-8-14(23-3)9-7-13)20-17(21)11-19-18(22)16-10-5-12(2)24-16/h5-10,15H,4,11H2,1-3H3,(H,19,22)(H,20,21). The molecule has 128 valence electrons. The van der Waals surface area contributed by atoms with E-state index >= 15 is 0 Å². The van der Waals surface area contributed by atoms with Crippen molar-refractivity contribution in [2.45, 2.75) is 26.3 Å². The van der Waals surface area contributed by atoms with Gasteiger partial charge in [0.1, 0.15) is 5.75 Å². The second-order valence-electron chi connectivity index (χ2n) is 5.39. The number of carbonyl (C=O) groups is 2. The minimum atomic E-state index is -0.222. The summed E-state index contributed by atoms with van der Waals surface area (Å²) in [4.78, 5) is 25.7. The maximum absolute atomic E-state index is 12.1. The van der Waals surface area contributed by atoms with Crippen LogP contribution in [0.15, 0.2) is 36.4 Å². The third kappa shape index (κ3) is 4.83. The molecule has 5 nitrogen and oxygen atoms in total. The molecule has 6 heteroatoms. The number of carbonyl (C=O) groups excluding carboxylic acids is 2. The molecular formula is C18H22N2O3S. The Kier molecular flexibility index (Phi) is 6.37. The summed E-state index contributed by atoms with van der Waals surface area (Å²) in [6.45, 7) is 3.90. The van der Waals surface area contributed by atoms with Crippen LogP contribution in [0.2, 0.25) is 0 Å². The van der Waals surface area contributed by atoms with Gasteiger partial charge in [-0.3, -0.25) is 9.59 Å². The quantitative estimate of drug-likeness (QED) is 0.810. The number of methoxy groups -OCH3 is 1. The van der Waals surface area contributed by atoms with Gasteiger partial charge in [-0.25, -0.2) is 0 Å². The van der Waals surface area contributed by atoms with Gasteiger partial charge in [0.15, 0.2) is 0 Å². The molecule has 0 aliphatic carbocycles. The minimum absolute atomic E-state index is 0.0393. The van der Waals surface area contributed by atoms with Crippen molar-refractivity contribution >= 4 is 23.2 Å². The fraction of sp³-hybridized carbons (Fsp3) is 0.333. The summed E-state index contributed by atoms with van der Waals surface area (Å²) in [5.41, 5.74) is 1.01. The normalized spacial score (nSPS) is 11.6. The molecule has 1 aromatic carbocycles. The molecule has 0 fully saturated rings. The maximum Gasteiger partial charge on any atom is 0.261 e. The van der Waals surface area contributed by atoms with Gasteiger partial charge >= 0.3 is 0 Å². The Morgan fingerprint density at radius 2 is 1.88 bits per heavy atom. The fourth-order valence-electron chi connectivity index (χ4n) is 2.31. The second kappa shape index (κ2) is 8.49. The summed E-state index contributed by atoms with van der Waals surface area (Å²) in [6.07, 6.45) is 0.760. The molecule has 1 atom stereocenters. The highest BCUT2D eigenvalue weighted by Gasteiger charge is 2.14. The Morgan fingerprint density at radius 3 is 2.42 bits per heavy atom. The van der Waals surface area contributed by atoms with E-state index in [1.54, 1.807) is 13.2 Å². The molecule has 0 spiro atoms. The zero-order chi connectivity index (χ0) is 17.5. The van der Waals surface area contributed by atoms with Crippen LogP contribution >= 0.6 is 11.3 Å². The van der Waals surface area contributed by atoms with E-state index in [9.17, 15) is 9.59 Å². The lowest BCUT2D eigenvalue weighted by Gasteiger charge is -2.18. The van der Waals surface area contributed by atoms with Gasteiger partial charge in [-0.1, -0.05) is 19.1 Å². The molecule has 1 heterocycles. The van der Waals surface area contributed by atoms with Crippen LogP contribution in [0.5, 0.6) is 5.75 Å². The van der Waals surface area contributed by atoms with Crippen molar-refractivity contribution in [1.29, 1.82) is 0 Å². The van der Waals surface area contributed by atoms with Crippen LogP contribution in [0.25, 0.3) is 0 Å². The van der Waals surface area contributed by atoms with Crippen LogP contribution in [0.3, 0.4) is 0 Å². The fourth-order valence-corrected chi connectivity index (χ4v) is 3.09. The summed E-state index contributed by atoms with van der Waals surface area (Å²) >= 11 is 1.41. The van der Waals surface area contributed by atoms with Crippen molar-refractivity contribution in [3.8, 4) is 5.75 Å². The van der Waals surface area contributed by atoms with Crippen molar-refractivity contribution in [3.05, 3.63) is 51.7 Å². The molecule has 24 heavy (non-hydrogen) atoms. The zero-order valence-corrected chi connectivity index (χ0v) is 14.9. The van der Waals surface area contributed by atoms with Crippen LogP contribution in [0.1, 0.15) is 39.5 Å². The number of aryl methyl sites for hydroxylation is 1. The predicted octanol–water partition coefficient (Wildman–Crippen LogP) is 3.06. The lowest BCUT2D eigenvalue weighted by Crippen LogP contribution is -2.38. The van der Waals surface area contributed by atoms with Gasteiger partial charge in [0, 0.05) is 4.88 Å². The maximum atomic E-state index is 12.1. The van der Waals surface area contributed by atoms with E-state index in [0.29, 0.717) is 4.88 Å². The Hall–Kier alpha value is -2.34. The molecule has 2 rings (SSSR count). The first-order chi connectivity index (χ1) is 11.5. The van der Waals surface area contributed by atoms with Gasteiger partial charge in [-0.15, -0.1) is 11.3 Å². The van der Waals surface area contributed by atoms with Crippen molar-refractivity contribution < 1.29 is 14.3 Å². The molecule has 0 aliphatic heterocycles. The Bertz CT molecular complexity index is 695. The first-order valence-electron chi connectivity index (χ1n) is 7.81. The number of hydrogen-bond acceptors (Lipinski definition) is 4. The van der Waals surface area contributed by atoms with Gasteiger partial charge in [0.05, 0.1) is 24.6 Å². The Balaban J connectivity index is 1.88.